The highest BCUT2D eigenvalue weighted by Crippen LogP contribution is 2.41. The standard InChI is InChI=1S/C12H14F3NO4/c1-2-19-11(17)10-9(7-3-4-7)16-8(20-10)5-18-6-12(13,14)15/h7H,2-6H2,1H3. The van der Waals surface area contributed by atoms with Crippen LogP contribution >= 0.6 is 0 Å². The van der Waals surface area contributed by atoms with Crippen molar-refractivity contribution in [2.45, 2.75) is 38.5 Å². The number of alkyl halides is 3. The maximum atomic E-state index is 12.0. The Morgan fingerprint density at radius 3 is 2.70 bits per heavy atom. The number of hydrogen-bond donors (Lipinski definition) is 0. The monoisotopic (exact) mass is 293 g/mol. The Hall–Kier alpha value is -1.57. The molecule has 0 spiro atoms. The first-order chi connectivity index (χ1) is 9.40. The predicted molar refractivity (Wildman–Crippen MR) is 60.1 cm³/mol. The third kappa shape index (κ3) is 3.96. The lowest BCUT2D eigenvalue weighted by atomic mass is 10.2. The number of carbonyl (C=O) groups is 1. The molecular weight excluding hydrogens is 279 g/mol. The molecule has 0 saturated heterocycles. The molecule has 0 radical (unpaired) electrons. The van der Waals surface area contributed by atoms with Gasteiger partial charge in [-0.25, -0.2) is 9.78 Å². The first kappa shape index (κ1) is 14.8. The van der Waals surface area contributed by atoms with Crippen molar-refractivity contribution in [3.05, 3.63) is 17.3 Å². The largest absolute Gasteiger partial charge is 0.460 e. The molecule has 20 heavy (non-hydrogen) atoms. The van der Waals surface area contributed by atoms with Crippen molar-refractivity contribution in [1.29, 1.82) is 0 Å². The fourth-order valence-corrected chi connectivity index (χ4v) is 1.67. The minimum absolute atomic E-state index is 0.0278. The van der Waals surface area contributed by atoms with E-state index in [0.29, 0.717) is 5.69 Å². The first-order valence-corrected chi connectivity index (χ1v) is 6.22. The highest BCUT2D eigenvalue weighted by atomic mass is 19.4. The third-order valence-corrected chi connectivity index (χ3v) is 2.61. The second kappa shape index (κ2) is 5.82. The second-order valence-corrected chi connectivity index (χ2v) is 4.42. The normalized spacial score (nSPS) is 15.4. The van der Waals surface area contributed by atoms with E-state index in [0.717, 1.165) is 12.8 Å². The Morgan fingerprint density at radius 1 is 1.45 bits per heavy atom. The molecule has 1 heterocycles. The maximum absolute atomic E-state index is 12.0. The molecule has 2 rings (SSSR count). The van der Waals surface area contributed by atoms with Crippen molar-refractivity contribution in [3.63, 3.8) is 0 Å². The second-order valence-electron chi connectivity index (χ2n) is 4.42. The van der Waals surface area contributed by atoms with Crippen molar-refractivity contribution in [1.82, 2.24) is 4.98 Å². The van der Waals surface area contributed by atoms with E-state index in [9.17, 15) is 18.0 Å². The SMILES string of the molecule is CCOC(=O)c1oc(COCC(F)(F)F)nc1C1CC1. The van der Waals surface area contributed by atoms with Crippen LogP contribution in [-0.2, 0) is 16.1 Å². The van der Waals surface area contributed by atoms with Crippen LogP contribution in [0.2, 0.25) is 0 Å². The zero-order valence-electron chi connectivity index (χ0n) is 10.8. The molecule has 5 nitrogen and oxygen atoms in total. The summed E-state index contributed by atoms with van der Waals surface area (Å²) in [5.41, 5.74) is 0.453. The molecule has 0 unspecified atom stereocenters. The van der Waals surface area contributed by atoms with Gasteiger partial charge in [0.25, 0.3) is 0 Å². The summed E-state index contributed by atoms with van der Waals surface area (Å²) in [5, 5.41) is 0. The van der Waals surface area contributed by atoms with Gasteiger partial charge < -0.3 is 13.9 Å². The van der Waals surface area contributed by atoms with E-state index < -0.39 is 25.4 Å². The van der Waals surface area contributed by atoms with E-state index >= 15 is 0 Å². The number of carbonyl (C=O) groups excluding carboxylic acids is 1. The fraction of sp³-hybridized carbons (Fsp3) is 0.667. The average molecular weight is 293 g/mol. The molecule has 0 bridgehead atoms. The summed E-state index contributed by atoms with van der Waals surface area (Å²) in [6, 6.07) is 0. The van der Waals surface area contributed by atoms with Gasteiger partial charge in [-0.1, -0.05) is 0 Å². The predicted octanol–water partition coefficient (Wildman–Crippen LogP) is 2.81. The number of oxazole rings is 1. The van der Waals surface area contributed by atoms with E-state index in [-0.39, 0.29) is 24.2 Å². The van der Waals surface area contributed by atoms with Gasteiger partial charge in [0.1, 0.15) is 13.2 Å². The van der Waals surface area contributed by atoms with E-state index in [1.54, 1.807) is 6.92 Å². The average Bonchev–Trinajstić information content (AvgIpc) is 3.09. The molecule has 1 saturated carbocycles. The molecular formula is C12H14F3NO4. The lowest BCUT2D eigenvalue weighted by Gasteiger charge is -2.04. The van der Waals surface area contributed by atoms with Gasteiger partial charge in [0.15, 0.2) is 0 Å². The smallest absolute Gasteiger partial charge is 0.411 e. The quantitative estimate of drug-likeness (QED) is 0.755. The zero-order chi connectivity index (χ0) is 14.8. The van der Waals surface area contributed by atoms with E-state index in [1.807, 2.05) is 0 Å². The molecule has 0 atom stereocenters. The summed E-state index contributed by atoms with van der Waals surface area (Å²) < 4.78 is 50.3. The Balaban J connectivity index is 2.03. The van der Waals surface area contributed by atoms with Gasteiger partial charge >= 0.3 is 12.1 Å². The van der Waals surface area contributed by atoms with E-state index in [2.05, 4.69) is 9.72 Å². The highest BCUT2D eigenvalue weighted by Gasteiger charge is 2.34. The Bertz CT molecular complexity index is 480. The molecule has 0 amide bonds. The number of rotatable bonds is 6. The maximum Gasteiger partial charge on any atom is 0.411 e. The van der Waals surface area contributed by atoms with E-state index in [1.165, 1.54) is 0 Å². The summed E-state index contributed by atoms with van der Waals surface area (Å²) >= 11 is 0. The molecule has 1 aliphatic carbocycles. The molecule has 1 aromatic heterocycles. The molecule has 0 aliphatic heterocycles. The number of nitrogens with zero attached hydrogens (tertiary/aromatic N) is 1. The lowest BCUT2D eigenvalue weighted by molar-refractivity contribution is -0.177. The molecule has 0 N–H and O–H groups in total. The molecule has 0 aromatic carbocycles. The fourth-order valence-electron chi connectivity index (χ4n) is 1.67. The van der Waals surface area contributed by atoms with Crippen LogP contribution in [0.5, 0.6) is 0 Å². The first-order valence-electron chi connectivity index (χ1n) is 6.22. The number of hydrogen-bond acceptors (Lipinski definition) is 5. The minimum atomic E-state index is -4.41. The van der Waals surface area contributed by atoms with E-state index in [4.69, 9.17) is 9.15 Å². The molecule has 1 aliphatic rings. The van der Waals surface area contributed by atoms with Gasteiger partial charge in [0, 0.05) is 5.92 Å². The summed E-state index contributed by atoms with van der Waals surface area (Å²) in [7, 11) is 0. The lowest BCUT2D eigenvalue weighted by Crippen LogP contribution is -2.16. The van der Waals surface area contributed by atoms with Crippen LogP contribution in [0, 0.1) is 0 Å². The van der Waals surface area contributed by atoms with Crippen LogP contribution in [0.3, 0.4) is 0 Å². The molecule has 1 fully saturated rings. The topological polar surface area (TPSA) is 61.6 Å². The Kier molecular flexibility index (Phi) is 4.32. The summed E-state index contributed by atoms with van der Waals surface area (Å²) in [4.78, 5) is 15.7. The van der Waals surface area contributed by atoms with Crippen LogP contribution in [0.1, 0.15) is 47.8 Å². The van der Waals surface area contributed by atoms with Crippen molar-refractivity contribution in [2.75, 3.05) is 13.2 Å². The Labute approximate surface area is 113 Å². The molecule has 112 valence electrons. The van der Waals surface area contributed by atoms with Crippen LogP contribution in [0.25, 0.3) is 0 Å². The van der Waals surface area contributed by atoms with Crippen molar-refractivity contribution in [2.24, 2.45) is 0 Å². The number of halogens is 3. The Morgan fingerprint density at radius 2 is 2.15 bits per heavy atom. The van der Waals surface area contributed by atoms with Gasteiger partial charge in [0.05, 0.1) is 12.3 Å². The summed E-state index contributed by atoms with van der Waals surface area (Å²) in [6.07, 6.45) is -2.65. The number of ether oxygens (including phenoxy) is 2. The van der Waals surface area contributed by atoms with Crippen molar-refractivity contribution < 1.29 is 31.9 Å². The van der Waals surface area contributed by atoms with Gasteiger partial charge in [-0.15, -0.1) is 0 Å². The van der Waals surface area contributed by atoms with Gasteiger partial charge in [-0.2, -0.15) is 13.2 Å². The van der Waals surface area contributed by atoms with Gasteiger partial charge in [-0.05, 0) is 19.8 Å². The van der Waals surface area contributed by atoms with Crippen LogP contribution in [0.4, 0.5) is 13.2 Å². The van der Waals surface area contributed by atoms with Gasteiger partial charge in [-0.3, -0.25) is 0 Å². The van der Waals surface area contributed by atoms with Crippen molar-refractivity contribution in [3.8, 4) is 0 Å². The molecule has 8 heteroatoms. The van der Waals surface area contributed by atoms with Crippen LogP contribution in [0.15, 0.2) is 4.42 Å². The summed E-state index contributed by atoms with van der Waals surface area (Å²) in [5.74, 6) is -0.599. The highest BCUT2D eigenvalue weighted by molar-refractivity contribution is 5.87. The van der Waals surface area contributed by atoms with Crippen LogP contribution < -0.4 is 0 Å². The molecule has 1 aromatic rings. The third-order valence-electron chi connectivity index (χ3n) is 2.61. The number of esters is 1. The zero-order valence-corrected chi connectivity index (χ0v) is 10.8. The minimum Gasteiger partial charge on any atom is -0.460 e. The van der Waals surface area contributed by atoms with Crippen LogP contribution in [-0.4, -0.2) is 30.3 Å². The van der Waals surface area contributed by atoms with Crippen molar-refractivity contribution >= 4 is 5.97 Å². The van der Waals surface area contributed by atoms with Gasteiger partial charge in [0.2, 0.25) is 11.7 Å². The number of aromatic nitrogens is 1. The summed E-state index contributed by atoms with van der Waals surface area (Å²) in [6.45, 7) is 0.0173.